The Bertz CT molecular complexity index is 1550. The number of nitrogens with zero attached hydrogens (tertiary/aromatic N) is 5. The average Bonchev–Trinajstić information content (AvgIpc) is 3.25. The summed E-state index contributed by atoms with van der Waals surface area (Å²) in [5.41, 5.74) is 1.15. The standard InChI is InChI=1S/C24H25ClN6O4S/c1-34-15-5-4-6-16-20(15)30-10-9-29(12-14(30)13-35-16)7-2-3-8-31-23(32)21-18(28-24(31)33)19-22(36-21)26-11-17(25)27-19/h4-6,11,14H,2-3,7-10,12-13H2,1H3,(H,28,33). The lowest BCUT2D eigenvalue weighted by Gasteiger charge is -2.46. The molecule has 10 nitrogen and oxygen atoms in total. The molecular formula is C24H25ClN6O4S. The van der Waals surface area contributed by atoms with E-state index >= 15 is 0 Å². The number of anilines is 1. The molecule has 0 saturated carbocycles. The number of ether oxygens (including phenoxy) is 2. The van der Waals surface area contributed by atoms with Gasteiger partial charge in [-0.25, -0.2) is 14.8 Å². The van der Waals surface area contributed by atoms with Gasteiger partial charge in [0, 0.05) is 26.2 Å². The number of aromatic nitrogens is 4. The van der Waals surface area contributed by atoms with E-state index in [2.05, 4.69) is 24.8 Å². The van der Waals surface area contributed by atoms with Crippen molar-refractivity contribution in [1.82, 2.24) is 24.4 Å². The molecule has 1 atom stereocenters. The first-order chi connectivity index (χ1) is 17.5. The lowest BCUT2D eigenvalue weighted by atomic mass is 10.1. The Morgan fingerprint density at radius 1 is 1.25 bits per heavy atom. The van der Waals surface area contributed by atoms with Gasteiger partial charge in [-0.2, -0.15) is 0 Å². The molecule has 2 aliphatic rings. The Morgan fingerprint density at radius 3 is 2.97 bits per heavy atom. The first-order valence-corrected chi connectivity index (χ1v) is 13.1. The molecule has 1 fully saturated rings. The third kappa shape index (κ3) is 4.00. The van der Waals surface area contributed by atoms with Crippen LogP contribution in [0.3, 0.4) is 0 Å². The second kappa shape index (κ2) is 9.38. The topological polar surface area (TPSA) is 106 Å². The van der Waals surface area contributed by atoms with Crippen LogP contribution in [0.15, 0.2) is 34.0 Å². The molecule has 0 aliphatic carbocycles. The van der Waals surface area contributed by atoms with Crippen molar-refractivity contribution < 1.29 is 9.47 Å². The van der Waals surface area contributed by atoms with Crippen LogP contribution in [-0.2, 0) is 6.54 Å². The van der Waals surface area contributed by atoms with Gasteiger partial charge >= 0.3 is 5.69 Å². The number of methoxy groups -OCH3 is 1. The number of hydrogen-bond acceptors (Lipinski definition) is 9. The molecule has 6 rings (SSSR count). The zero-order chi connectivity index (χ0) is 24.8. The highest BCUT2D eigenvalue weighted by Crippen LogP contribution is 2.42. The average molecular weight is 529 g/mol. The number of fused-ring (bicyclic) bond motifs is 6. The minimum Gasteiger partial charge on any atom is -0.494 e. The van der Waals surface area contributed by atoms with Crippen LogP contribution in [0.5, 0.6) is 11.5 Å². The third-order valence-corrected chi connectivity index (χ3v) is 8.12. The van der Waals surface area contributed by atoms with Crippen molar-refractivity contribution >= 4 is 49.2 Å². The molecular weight excluding hydrogens is 504 g/mol. The molecule has 2 aliphatic heterocycles. The van der Waals surface area contributed by atoms with E-state index in [0.29, 0.717) is 33.7 Å². The zero-order valence-electron chi connectivity index (χ0n) is 19.7. The normalized spacial score (nSPS) is 17.7. The second-order valence-electron chi connectivity index (χ2n) is 9.01. The molecule has 1 aromatic carbocycles. The van der Waals surface area contributed by atoms with Gasteiger partial charge in [0.25, 0.3) is 5.56 Å². The molecule has 12 heteroatoms. The fourth-order valence-electron chi connectivity index (χ4n) is 5.13. The molecule has 188 valence electrons. The van der Waals surface area contributed by atoms with E-state index in [-0.39, 0.29) is 16.8 Å². The summed E-state index contributed by atoms with van der Waals surface area (Å²) in [7, 11) is 1.69. The molecule has 36 heavy (non-hydrogen) atoms. The molecule has 1 unspecified atom stereocenters. The van der Waals surface area contributed by atoms with Crippen molar-refractivity contribution in [2.24, 2.45) is 0 Å². The van der Waals surface area contributed by atoms with Crippen LogP contribution in [0.25, 0.3) is 20.6 Å². The van der Waals surface area contributed by atoms with Crippen molar-refractivity contribution in [3.05, 3.63) is 50.4 Å². The maximum absolute atomic E-state index is 13.0. The van der Waals surface area contributed by atoms with Gasteiger partial charge in [0.2, 0.25) is 0 Å². The number of piperazine rings is 1. The van der Waals surface area contributed by atoms with Crippen LogP contribution in [0, 0.1) is 0 Å². The number of H-pyrrole nitrogens is 1. The number of benzene rings is 1. The summed E-state index contributed by atoms with van der Waals surface area (Å²) in [6, 6.07) is 6.17. The summed E-state index contributed by atoms with van der Waals surface area (Å²) in [4.78, 5) is 42.4. The highest BCUT2D eigenvalue weighted by atomic mass is 35.5. The summed E-state index contributed by atoms with van der Waals surface area (Å²) >= 11 is 7.17. The van der Waals surface area contributed by atoms with Crippen LogP contribution < -0.4 is 25.6 Å². The number of hydrogen-bond donors (Lipinski definition) is 1. The number of aromatic amines is 1. The molecule has 3 aromatic heterocycles. The zero-order valence-corrected chi connectivity index (χ0v) is 21.3. The SMILES string of the molecule is COc1cccc2c1N1CCN(CCCCn3c(=O)[nH]c4c(sc5ncc(Cl)nc54)c3=O)CC1CO2. The number of halogens is 1. The van der Waals surface area contributed by atoms with E-state index in [0.717, 1.165) is 56.2 Å². The Labute approximate surface area is 215 Å². The molecule has 5 heterocycles. The summed E-state index contributed by atoms with van der Waals surface area (Å²) < 4.78 is 13.3. The van der Waals surface area contributed by atoms with Crippen molar-refractivity contribution in [2.45, 2.75) is 25.4 Å². The predicted octanol–water partition coefficient (Wildman–Crippen LogP) is 2.72. The minimum absolute atomic E-state index is 0.219. The van der Waals surface area contributed by atoms with Crippen molar-refractivity contribution in [1.29, 1.82) is 0 Å². The van der Waals surface area contributed by atoms with Crippen molar-refractivity contribution in [3.8, 4) is 11.5 Å². The Balaban J connectivity index is 1.10. The van der Waals surface area contributed by atoms with E-state index in [1.807, 2.05) is 18.2 Å². The Kier molecular flexibility index (Phi) is 6.06. The highest BCUT2D eigenvalue weighted by molar-refractivity contribution is 7.25. The quantitative estimate of drug-likeness (QED) is 0.381. The fourth-order valence-corrected chi connectivity index (χ4v) is 6.25. The van der Waals surface area contributed by atoms with Crippen LogP contribution in [0.1, 0.15) is 12.8 Å². The lowest BCUT2D eigenvalue weighted by molar-refractivity contribution is 0.163. The fraction of sp³-hybridized carbons (Fsp3) is 0.417. The number of rotatable bonds is 6. The number of nitrogens with one attached hydrogen (secondary N) is 1. The van der Waals surface area contributed by atoms with Gasteiger partial charge in [-0.15, -0.1) is 11.3 Å². The molecule has 0 radical (unpaired) electrons. The molecule has 0 spiro atoms. The summed E-state index contributed by atoms with van der Waals surface area (Å²) in [5, 5.41) is 0.219. The molecule has 0 amide bonds. The van der Waals surface area contributed by atoms with Crippen LogP contribution in [0.2, 0.25) is 5.15 Å². The number of para-hydroxylation sites is 1. The van der Waals surface area contributed by atoms with Gasteiger partial charge in [0.15, 0.2) is 0 Å². The predicted molar refractivity (Wildman–Crippen MR) is 140 cm³/mol. The monoisotopic (exact) mass is 528 g/mol. The van der Waals surface area contributed by atoms with Gasteiger partial charge in [-0.05, 0) is 31.5 Å². The van der Waals surface area contributed by atoms with E-state index in [1.165, 1.54) is 22.1 Å². The number of unbranched alkanes of at least 4 members (excludes halogenated alkanes) is 1. The molecule has 0 bridgehead atoms. The summed E-state index contributed by atoms with van der Waals surface area (Å²) in [6.45, 7) is 4.63. The smallest absolute Gasteiger partial charge is 0.328 e. The molecule has 1 saturated heterocycles. The van der Waals surface area contributed by atoms with Gasteiger partial charge in [0.05, 0.1) is 24.9 Å². The second-order valence-corrected chi connectivity index (χ2v) is 10.4. The summed E-state index contributed by atoms with van der Waals surface area (Å²) in [5.74, 6) is 1.71. The van der Waals surface area contributed by atoms with Crippen LogP contribution >= 0.6 is 22.9 Å². The summed E-state index contributed by atoms with van der Waals surface area (Å²) in [6.07, 6.45) is 3.03. The largest absolute Gasteiger partial charge is 0.494 e. The van der Waals surface area contributed by atoms with E-state index < -0.39 is 5.69 Å². The minimum atomic E-state index is -0.436. The highest BCUT2D eigenvalue weighted by Gasteiger charge is 2.34. The van der Waals surface area contributed by atoms with Crippen molar-refractivity contribution in [2.75, 3.05) is 44.8 Å². The van der Waals surface area contributed by atoms with Gasteiger partial charge in [0.1, 0.15) is 44.0 Å². The Morgan fingerprint density at radius 2 is 2.11 bits per heavy atom. The van der Waals surface area contributed by atoms with Crippen LogP contribution in [-0.4, -0.2) is 70.4 Å². The van der Waals surface area contributed by atoms with E-state index in [4.69, 9.17) is 21.1 Å². The van der Waals surface area contributed by atoms with Gasteiger partial charge in [-0.3, -0.25) is 14.3 Å². The maximum Gasteiger partial charge on any atom is 0.328 e. The first kappa shape index (κ1) is 23.3. The van der Waals surface area contributed by atoms with Crippen LogP contribution in [0.4, 0.5) is 5.69 Å². The number of thiophene rings is 1. The van der Waals surface area contributed by atoms with Gasteiger partial charge in [-0.1, -0.05) is 17.7 Å². The first-order valence-electron chi connectivity index (χ1n) is 11.9. The third-order valence-electron chi connectivity index (χ3n) is 6.86. The van der Waals surface area contributed by atoms with E-state index in [1.54, 1.807) is 7.11 Å². The molecule has 1 N–H and O–H groups in total. The van der Waals surface area contributed by atoms with Crippen molar-refractivity contribution in [3.63, 3.8) is 0 Å². The lowest BCUT2D eigenvalue weighted by Crippen LogP contribution is -2.57. The maximum atomic E-state index is 13.0. The Hall–Kier alpha value is -3.15. The molecule has 4 aromatic rings. The van der Waals surface area contributed by atoms with E-state index in [9.17, 15) is 9.59 Å². The van der Waals surface area contributed by atoms with Gasteiger partial charge < -0.3 is 19.4 Å².